The first kappa shape index (κ1) is 14.8. The number of carbonyl (C=O) groups is 1. The van der Waals surface area contributed by atoms with Crippen LogP contribution in [-0.2, 0) is 4.79 Å². The SMILES string of the molecule is O=C(C[C@@H](c1ccccc1)c1ccccc1F)NCC1CC1. The van der Waals surface area contributed by atoms with Crippen molar-refractivity contribution in [2.45, 2.75) is 25.2 Å². The van der Waals surface area contributed by atoms with E-state index in [9.17, 15) is 9.18 Å². The smallest absolute Gasteiger partial charge is 0.220 e. The second-order valence-electron chi connectivity index (χ2n) is 5.94. The fourth-order valence-corrected chi connectivity index (χ4v) is 2.69. The number of nitrogens with one attached hydrogen (secondary N) is 1. The molecule has 1 fully saturated rings. The van der Waals surface area contributed by atoms with Crippen LogP contribution >= 0.6 is 0 Å². The highest BCUT2D eigenvalue weighted by atomic mass is 19.1. The van der Waals surface area contributed by atoms with Gasteiger partial charge in [0, 0.05) is 18.9 Å². The molecule has 2 aromatic rings. The maximum absolute atomic E-state index is 14.2. The molecule has 114 valence electrons. The Kier molecular flexibility index (Phi) is 4.52. The fourth-order valence-electron chi connectivity index (χ4n) is 2.69. The van der Waals surface area contributed by atoms with E-state index in [4.69, 9.17) is 0 Å². The van der Waals surface area contributed by atoms with Gasteiger partial charge >= 0.3 is 0 Å². The van der Waals surface area contributed by atoms with E-state index >= 15 is 0 Å². The van der Waals surface area contributed by atoms with Gasteiger partial charge in [-0.25, -0.2) is 4.39 Å². The van der Waals surface area contributed by atoms with E-state index in [-0.39, 0.29) is 24.1 Å². The monoisotopic (exact) mass is 297 g/mol. The summed E-state index contributed by atoms with van der Waals surface area (Å²) in [5.74, 6) is 0.129. The molecule has 1 aliphatic carbocycles. The van der Waals surface area contributed by atoms with Crippen molar-refractivity contribution in [3.63, 3.8) is 0 Å². The summed E-state index contributed by atoms with van der Waals surface area (Å²) in [6, 6.07) is 16.4. The first-order valence-electron chi connectivity index (χ1n) is 7.80. The summed E-state index contributed by atoms with van der Waals surface area (Å²) in [5.41, 5.74) is 1.55. The number of halogens is 1. The van der Waals surface area contributed by atoms with Crippen molar-refractivity contribution >= 4 is 5.91 Å². The molecule has 3 rings (SSSR count). The van der Waals surface area contributed by atoms with Gasteiger partial charge in [-0.1, -0.05) is 48.5 Å². The standard InChI is InChI=1S/C19H20FNO/c20-18-9-5-4-8-16(18)17(15-6-2-1-3-7-15)12-19(22)21-13-14-10-11-14/h1-9,14,17H,10-13H2,(H,21,22)/t17-/m0/s1. The van der Waals surface area contributed by atoms with E-state index in [1.54, 1.807) is 12.1 Å². The molecule has 0 unspecified atom stereocenters. The Morgan fingerprint density at radius 3 is 2.45 bits per heavy atom. The molecule has 1 aliphatic rings. The summed E-state index contributed by atoms with van der Waals surface area (Å²) in [7, 11) is 0. The second kappa shape index (κ2) is 6.73. The van der Waals surface area contributed by atoms with E-state index in [0.29, 0.717) is 11.5 Å². The third-order valence-electron chi connectivity index (χ3n) is 4.16. The Bertz CT molecular complexity index is 637. The first-order chi connectivity index (χ1) is 10.7. The highest BCUT2D eigenvalue weighted by Gasteiger charge is 2.24. The van der Waals surface area contributed by atoms with Crippen LogP contribution in [0.5, 0.6) is 0 Å². The molecular formula is C19H20FNO. The number of carbonyl (C=O) groups excluding carboxylic acids is 1. The Morgan fingerprint density at radius 2 is 1.77 bits per heavy atom. The summed E-state index contributed by atoms with van der Waals surface area (Å²) in [5, 5.41) is 2.97. The highest BCUT2D eigenvalue weighted by molar-refractivity contribution is 5.77. The highest BCUT2D eigenvalue weighted by Crippen LogP contribution is 2.30. The largest absolute Gasteiger partial charge is 0.356 e. The van der Waals surface area contributed by atoms with Crippen molar-refractivity contribution in [2.24, 2.45) is 5.92 Å². The average Bonchev–Trinajstić information content (AvgIpc) is 3.37. The summed E-state index contributed by atoms with van der Waals surface area (Å²) >= 11 is 0. The molecule has 1 amide bonds. The lowest BCUT2D eigenvalue weighted by atomic mass is 9.88. The molecule has 1 saturated carbocycles. The van der Waals surface area contributed by atoms with Gasteiger partial charge in [-0.05, 0) is 36.0 Å². The summed E-state index contributed by atoms with van der Waals surface area (Å²) in [6.45, 7) is 0.748. The first-order valence-corrected chi connectivity index (χ1v) is 7.80. The molecule has 1 N–H and O–H groups in total. The number of hydrogen-bond donors (Lipinski definition) is 1. The van der Waals surface area contributed by atoms with Gasteiger partial charge in [0.1, 0.15) is 5.82 Å². The zero-order valence-corrected chi connectivity index (χ0v) is 12.5. The predicted molar refractivity (Wildman–Crippen MR) is 85.0 cm³/mol. The zero-order valence-electron chi connectivity index (χ0n) is 12.5. The fraction of sp³-hybridized carbons (Fsp3) is 0.316. The molecule has 0 aliphatic heterocycles. The van der Waals surface area contributed by atoms with Crippen LogP contribution in [0.25, 0.3) is 0 Å². The van der Waals surface area contributed by atoms with E-state index in [1.807, 2.05) is 36.4 Å². The second-order valence-corrected chi connectivity index (χ2v) is 5.94. The Labute approximate surface area is 130 Å². The van der Waals surface area contributed by atoms with Crippen molar-refractivity contribution in [3.05, 3.63) is 71.5 Å². The molecule has 0 bridgehead atoms. The third-order valence-corrected chi connectivity index (χ3v) is 4.16. The van der Waals surface area contributed by atoms with Crippen molar-refractivity contribution in [2.75, 3.05) is 6.54 Å². The zero-order chi connectivity index (χ0) is 15.4. The van der Waals surface area contributed by atoms with Crippen LogP contribution in [0.3, 0.4) is 0 Å². The van der Waals surface area contributed by atoms with E-state index in [2.05, 4.69) is 5.32 Å². The Balaban J connectivity index is 1.80. The number of amides is 1. The number of rotatable bonds is 6. The quantitative estimate of drug-likeness (QED) is 0.861. The van der Waals surface area contributed by atoms with Gasteiger partial charge in [0.2, 0.25) is 5.91 Å². The molecule has 0 aromatic heterocycles. The van der Waals surface area contributed by atoms with Crippen molar-refractivity contribution < 1.29 is 9.18 Å². The maximum atomic E-state index is 14.2. The molecule has 0 spiro atoms. The molecule has 0 heterocycles. The van der Waals surface area contributed by atoms with Gasteiger partial charge in [0.05, 0.1) is 0 Å². The molecule has 2 aromatic carbocycles. The van der Waals surface area contributed by atoms with Gasteiger partial charge < -0.3 is 5.32 Å². The van der Waals surface area contributed by atoms with E-state index in [1.165, 1.54) is 18.9 Å². The minimum absolute atomic E-state index is 0.0102. The minimum Gasteiger partial charge on any atom is -0.356 e. The molecule has 0 radical (unpaired) electrons. The van der Waals surface area contributed by atoms with Gasteiger partial charge in [-0.15, -0.1) is 0 Å². The van der Waals surface area contributed by atoms with Gasteiger partial charge in [0.25, 0.3) is 0 Å². The lowest BCUT2D eigenvalue weighted by molar-refractivity contribution is -0.121. The lowest BCUT2D eigenvalue weighted by Gasteiger charge is -2.18. The average molecular weight is 297 g/mol. The summed E-state index contributed by atoms with van der Waals surface area (Å²) in [4.78, 5) is 12.2. The van der Waals surface area contributed by atoms with Crippen LogP contribution in [0.1, 0.15) is 36.3 Å². The van der Waals surface area contributed by atoms with Crippen molar-refractivity contribution in [3.8, 4) is 0 Å². The summed E-state index contributed by atoms with van der Waals surface area (Å²) in [6.07, 6.45) is 2.68. The number of hydrogen-bond acceptors (Lipinski definition) is 1. The van der Waals surface area contributed by atoms with Crippen LogP contribution < -0.4 is 5.32 Å². The van der Waals surface area contributed by atoms with Crippen molar-refractivity contribution in [1.82, 2.24) is 5.32 Å². The summed E-state index contributed by atoms with van der Waals surface area (Å²) < 4.78 is 14.2. The predicted octanol–water partition coefficient (Wildman–Crippen LogP) is 3.87. The molecular weight excluding hydrogens is 277 g/mol. The molecule has 1 atom stereocenters. The Morgan fingerprint density at radius 1 is 1.09 bits per heavy atom. The van der Waals surface area contributed by atoms with Gasteiger partial charge in [-0.2, -0.15) is 0 Å². The lowest BCUT2D eigenvalue weighted by Crippen LogP contribution is -2.27. The minimum atomic E-state index is -0.258. The normalized spacial score (nSPS) is 15.3. The van der Waals surface area contributed by atoms with Crippen molar-refractivity contribution in [1.29, 1.82) is 0 Å². The van der Waals surface area contributed by atoms with Gasteiger partial charge in [-0.3, -0.25) is 4.79 Å². The molecule has 2 nitrogen and oxygen atoms in total. The number of benzene rings is 2. The van der Waals surface area contributed by atoms with Crippen LogP contribution in [0.2, 0.25) is 0 Å². The van der Waals surface area contributed by atoms with E-state index < -0.39 is 0 Å². The van der Waals surface area contributed by atoms with E-state index in [0.717, 1.165) is 12.1 Å². The van der Waals surface area contributed by atoms with Crippen LogP contribution in [0, 0.1) is 11.7 Å². The maximum Gasteiger partial charge on any atom is 0.220 e. The topological polar surface area (TPSA) is 29.1 Å². The van der Waals surface area contributed by atoms with Crippen LogP contribution in [0.4, 0.5) is 4.39 Å². The van der Waals surface area contributed by atoms with Gasteiger partial charge in [0.15, 0.2) is 0 Å². The molecule has 3 heteroatoms. The third kappa shape index (κ3) is 3.73. The Hall–Kier alpha value is -2.16. The van der Waals surface area contributed by atoms with Crippen LogP contribution in [0.15, 0.2) is 54.6 Å². The molecule has 22 heavy (non-hydrogen) atoms. The molecule has 0 saturated heterocycles. The van der Waals surface area contributed by atoms with Crippen LogP contribution in [-0.4, -0.2) is 12.5 Å².